The summed E-state index contributed by atoms with van der Waals surface area (Å²) in [6.45, 7) is 3.95. The highest BCUT2D eigenvalue weighted by atomic mass is 15.3. The van der Waals surface area contributed by atoms with Crippen molar-refractivity contribution in [2.75, 3.05) is 0 Å². The highest BCUT2D eigenvalue weighted by Gasteiger charge is 2.03. The lowest BCUT2D eigenvalue weighted by Gasteiger charge is -2.06. The first kappa shape index (κ1) is 9.86. The number of hydrogen-bond acceptors (Lipinski definition) is 3. The van der Waals surface area contributed by atoms with E-state index >= 15 is 0 Å². The zero-order valence-corrected chi connectivity index (χ0v) is 8.88. The number of hydrogen-bond donors (Lipinski definition) is 1. The molecule has 2 heterocycles. The molecule has 0 fully saturated rings. The summed E-state index contributed by atoms with van der Waals surface area (Å²) in [4.78, 5) is 4.25. The first-order valence-corrected chi connectivity index (χ1v) is 4.90. The van der Waals surface area contributed by atoms with Gasteiger partial charge in [-0.25, -0.2) is 9.67 Å². The lowest BCUT2D eigenvalue weighted by Crippen LogP contribution is -2.07. The van der Waals surface area contributed by atoms with Crippen molar-refractivity contribution in [3.8, 4) is 5.82 Å². The molecule has 0 aromatic carbocycles. The Labute approximate surface area is 88.8 Å². The van der Waals surface area contributed by atoms with Gasteiger partial charge in [-0.3, -0.25) is 0 Å². The highest BCUT2D eigenvalue weighted by molar-refractivity contribution is 5.29. The third kappa shape index (κ3) is 2.05. The van der Waals surface area contributed by atoms with Crippen LogP contribution in [-0.2, 0) is 0 Å². The van der Waals surface area contributed by atoms with Crippen LogP contribution in [0, 0.1) is 6.92 Å². The molecular formula is C11H14N4. The van der Waals surface area contributed by atoms with Crippen LogP contribution in [0.15, 0.2) is 30.7 Å². The van der Waals surface area contributed by atoms with Crippen LogP contribution in [0.2, 0.25) is 0 Å². The van der Waals surface area contributed by atoms with Gasteiger partial charge in [-0.05, 0) is 37.1 Å². The number of rotatable bonds is 2. The van der Waals surface area contributed by atoms with Gasteiger partial charge in [-0.2, -0.15) is 5.10 Å². The van der Waals surface area contributed by atoms with Gasteiger partial charge in [0.2, 0.25) is 0 Å². The Kier molecular flexibility index (Phi) is 2.51. The second-order valence-corrected chi connectivity index (χ2v) is 3.70. The van der Waals surface area contributed by atoms with Crippen LogP contribution in [0.3, 0.4) is 0 Å². The van der Waals surface area contributed by atoms with Crippen LogP contribution in [0.1, 0.15) is 24.1 Å². The molecule has 2 N–H and O–H groups in total. The minimum Gasteiger partial charge on any atom is -0.324 e. The SMILES string of the molecule is Cc1cnn(-c2cc([C@@H](C)N)ccn2)c1. The van der Waals surface area contributed by atoms with Crippen LogP contribution in [0.25, 0.3) is 5.82 Å². The highest BCUT2D eigenvalue weighted by Crippen LogP contribution is 2.12. The molecule has 4 heteroatoms. The Bertz CT molecular complexity index is 459. The molecule has 4 nitrogen and oxygen atoms in total. The van der Waals surface area contributed by atoms with Gasteiger partial charge >= 0.3 is 0 Å². The molecule has 0 radical (unpaired) electrons. The van der Waals surface area contributed by atoms with E-state index in [0.717, 1.165) is 16.9 Å². The van der Waals surface area contributed by atoms with Crippen LogP contribution in [0.5, 0.6) is 0 Å². The number of nitrogens with zero attached hydrogens (tertiary/aromatic N) is 3. The summed E-state index contributed by atoms with van der Waals surface area (Å²) in [6, 6.07) is 3.89. The largest absolute Gasteiger partial charge is 0.324 e. The molecule has 2 aromatic rings. The fraction of sp³-hybridized carbons (Fsp3) is 0.273. The maximum atomic E-state index is 5.81. The molecule has 0 saturated carbocycles. The van der Waals surface area contributed by atoms with Gasteiger partial charge in [0.1, 0.15) is 0 Å². The van der Waals surface area contributed by atoms with E-state index in [0.29, 0.717) is 0 Å². The number of nitrogens with two attached hydrogens (primary N) is 1. The summed E-state index contributed by atoms with van der Waals surface area (Å²) >= 11 is 0. The molecular weight excluding hydrogens is 188 g/mol. The second-order valence-electron chi connectivity index (χ2n) is 3.70. The van der Waals surface area contributed by atoms with Crippen LogP contribution in [-0.4, -0.2) is 14.8 Å². The average molecular weight is 202 g/mol. The van der Waals surface area contributed by atoms with Gasteiger partial charge in [-0.15, -0.1) is 0 Å². The average Bonchev–Trinajstić information content (AvgIpc) is 2.65. The van der Waals surface area contributed by atoms with E-state index in [1.807, 2.05) is 32.2 Å². The first-order valence-electron chi connectivity index (χ1n) is 4.90. The molecule has 0 aliphatic carbocycles. The van der Waals surface area contributed by atoms with Crippen LogP contribution >= 0.6 is 0 Å². The molecule has 0 aliphatic heterocycles. The van der Waals surface area contributed by atoms with Crippen LogP contribution < -0.4 is 5.73 Å². The second kappa shape index (κ2) is 3.82. The summed E-state index contributed by atoms with van der Waals surface area (Å²) < 4.78 is 1.75. The van der Waals surface area contributed by atoms with Crippen molar-refractivity contribution in [1.29, 1.82) is 0 Å². The molecule has 0 aliphatic rings. The van der Waals surface area contributed by atoms with E-state index in [1.54, 1.807) is 17.1 Å². The summed E-state index contributed by atoms with van der Waals surface area (Å²) in [5, 5.41) is 4.20. The van der Waals surface area contributed by atoms with Crippen molar-refractivity contribution < 1.29 is 0 Å². The molecule has 78 valence electrons. The molecule has 0 spiro atoms. The van der Waals surface area contributed by atoms with Crippen molar-refractivity contribution in [1.82, 2.24) is 14.8 Å². The fourth-order valence-corrected chi connectivity index (χ4v) is 1.38. The van der Waals surface area contributed by atoms with E-state index in [-0.39, 0.29) is 6.04 Å². The standard InChI is InChI=1S/C11H14N4/c1-8-6-14-15(7-8)11-5-10(9(2)12)3-4-13-11/h3-7,9H,12H2,1-2H3/t9-/m1/s1. The topological polar surface area (TPSA) is 56.7 Å². The molecule has 0 saturated heterocycles. The predicted molar refractivity (Wildman–Crippen MR) is 58.7 cm³/mol. The third-order valence-corrected chi connectivity index (χ3v) is 2.24. The van der Waals surface area contributed by atoms with Gasteiger partial charge in [0.25, 0.3) is 0 Å². The van der Waals surface area contributed by atoms with Gasteiger partial charge in [0.05, 0.1) is 6.20 Å². The zero-order chi connectivity index (χ0) is 10.8. The van der Waals surface area contributed by atoms with Gasteiger partial charge in [0.15, 0.2) is 5.82 Å². The Balaban J connectivity index is 2.41. The summed E-state index contributed by atoms with van der Waals surface area (Å²) in [7, 11) is 0. The summed E-state index contributed by atoms with van der Waals surface area (Å²) in [6.07, 6.45) is 5.50. The Morgan fingerprint density at radius 3 is 2.87 bits per heavy atom. The van der Waals surface area contributed by atoms with E-state index in [4.69, 9.17) is 5.73 Å². The molecule has 0 amide bonds. The molecule has 15 heavy (non-hydrogen) atoms. The minimum atomic E-state index is 0.0170. The fourth-order valence-electron chi connectivity index (χ4n) is 1.38. The van der Waals surface area contributed by atoms with Gasteiger partial charge in [-0.1, -0.05) is 0 Å². The van der Waals surface area contributed by atoms with Crippen molar-refractivity contribution in [3.63, 3.8) is 0 Å². The molecule has 0 unspecified atom stereocenters. The summed E-state index contributed by atoms with van der Waals surface area (Å²) in [5.74, 6) is 0.804. The quantitative estimate of drug-likeness (QED) is 0.804. The minimum absolute atomic E-state index is 0.0170. The van der Waals surface area contributed by atoms with Gasteiger partial charge < -0.3 is 5.73 Å². The molecule has 0 bridgehead atoms. The smallest absolute Gasteiger partial charge is 0.153 e. The number of aryl methyl sites for hydroxylation is 1. The maximum Gasteiger partial charge on any atom is 0.153 e. The normalized spacial score (nSPS) is 12.7. The third-order valence-electron chi connectivity index (χ3n) is 2.24. The monoisotopic (exact) mass is 202 g/mol. The van der Waals surface area contributed by atoms with Crippen LogP contribution in [0.4, 0.5) is 0 Å². The first-order chi connectivity index (χ1) is 7.16. The molecule has 1 atom stereocenters. The van der Waals surface area contributed by atoms with E-state index in [2.05, 4.69) is 10.1 Å². The summed E-state index contributed by atoms with van der Waals surface area (Å²) in [5.41, 5.74) is 7.99. The maximum absolute atomic E-state index is 5.81. The zero-order valence-electron chi connectivity index (χ0n) is 8.88. The number of pyridine rings is 1. The Morgan fingerprint density at radius 2 is 2.27 bits per heavy atom. The van der Waals surface area contributed by atoms with E-state index < -0.39 is 0 Å². The molecule has 2 aromatic heterocycles. The lowest BCUT2D eigenvalue weighted by atomic mass is 10.1. The molecule has 2 rings (SSSR count). The van der Waals surface area contributed by atoms with Crippen molar-refractivity contribution in [2.24, 2.45) is 5.73 Å². The van der Waals surface area contributed by atoms with Crippen molar-refractivity contribution in [2.45, 2.75) is 19.9 Å². The number of aromatic nitrogens is 3. The van der Waals surface area contributed by atoms with E-state index in [9.17, 15) is 0 Å². The predicted octanol–water partition coefficient (Wildman–Crippen LogP) is 1.60. The Hall–Kier alpha value is -1.68. The van der Waals surface area contributed by atoms with E-state index in [1.165, 1.54) is 0 Å². The van der Waals surface area contributed by atoms with Crippen molar-refractivity contribution >= 4 is 0 Å². The van der Waals surface area contributed by atoms with Gasteiger partial charge in [0, 0.05) is 18.4 Å². The Morgan fingerprint density at radius 1 is 1.47 bits per heavy atom. The van der Waals surface area contributed by atoms with Crippen molar-refractivity contribution in [3.05, 3.63) is 41.9 Å². The lowest BCUT2D eigenvalue weighted by molar-refractivity contribution is 0.796.